The Labute approximate surface area is 102 Å². The summed E-state index contributed by atoms with van der Waals surface area (Å²) in [7, 11) is 0. The van der Waals surface area contributed by atoms with E-state index in [0.29, 0.717) is 0 Å². The Balaban J connectivity index is 1.69. The van der Waals surface area contributed by atoms with Gasteiger partial charge in [0.2, 0.25) is 11.8 Å². The summed E-state index contributed by atoms with van der Waals surface area (Å²) in [4.78, 5) is 25.3. The van der Waals surface area contributed by atoms with Crippen molar-refractivity contribution in [1.29, 1.82) is 0 Å². The van der Waals surface area contributed by atoms with Gasteiger partial charge in [0.05, 0.1) is 12.6 Å². The molecule has 5 nitrogen and oxygen atoms in total. The summed E-state index contributed by atoms with van der Waals surface area (Å²) in [6.07, 6.45) is 5.28. The second kappa shape index (κ2) is 6.00. The van der Waals surface area contributed by atoms with Gasteiger partial charge < -0.3 is 15.5 Å². The first-order valence-corrected chi connectivity index (χ1v) is 6.56. The number of carbonyl (C=O) groups is 2. The van der Waals surface area contributed by atoms with Crippen LogP contribution in [0.5, 0.6) is 0 Å². The van der Waals surface area contributed by atoms with E-state index in [9.17, 15) is 9.59 Å². The van der Waals surface area contributed by atoms with E-state index in [1.807, 2.05) is 4.90 Å². The molecular weight excluding hydrogens is 218 g/mol. The molecule has 17 heavy (non-hydrogen) atoms. The molecule has 96 valence electrons. The third-order valence-electron chi connectivity index (χ3n) is 3.50. The van der Waals surface area contributed by atoms with E-state index < -0.39 is 0 Å². The lowest BCUT2D eigenvalue weighted by atomic mass is 10.0. The predicted octanol–water partition coefficient (Wildman–Crippen LogP) is -0.133. The van der Waals surface area contributed by atoms with Crippen LogP contribution >= 0.6 is 0 Å². The van der Waals surface area contributed by atoms with E-state index in [-0.39, 0.29) is 24.4 Å². The first kappa shape index (κ1) is 12.4. The van der Waals surface area contributed by atoms with E-state index in [1.54, 1.807) is 0 Å². The van der Waals surface area contributed by atoms with E-state index in [2.05, 4.69) is 10.6 Å². The zero-order chi connectivity index (χ0) is 12.1. The molecule has 0 aromatic heterocycles. The van der Waals surface area contributed by atoms with Gasteiger partial charge in [0.15, 0.2) is 0 Å². The van der Waals surface area contributed by atoms with Gasteiger partial charge in [0.1, 0.15) is 0 Å². The van der Waals surface area contributed by atoms with Gasteiger partial charge in [-0.15, -0.1) is 0 Å². The Morgan fingerprint density at radius 2 is 1.94 bits per heavy atom. The molecule has 0 aliphatic carbocycles. The molecule has 0 radical (unpaired) electrons. The fourth-order valence-corrected chi connectivity index (χ4v) is 2.44. The summed E-state index contributed by atoms with van der Waals surface area (Å²) in [6, 6.07) is -0.102. The van der Waals surface area contributed by atoms with Crippen LogP contribution in [0.3, 0.4) is 0 Å². The van der Waals surface area contributed by atoms with Crippen LogP contribution in [0.25, 0.3) is 0 Å². The second-order valence-corrected chi connectivity index (χ2v) is 4.81. The molecule has 0 unspecified atom stereocenters. The molecule has 0 spiro atoms. The lowest BCUT2D eigenvalue weighted by molar-refractivity contribution is -0.132. The van der Waals surface area contributed by atoms with Crippen molar-refractivity contribution in [2.24, 2.45) is 0 Å². The highest BCUT2D eigenvalue weighted by atomic mass is 16.2. The molecule has 2 amide bonds. The monoisotopic (exact) mass is 239 g/mol. The first-order valence-electron chi connectivity index (χ1n) is 6.56. The Kier molecular flexibility index (Phi) is 4.36. The molecule has 2 fully saturated rings. The molecule has 2 N–H and O–H groups in total. The van der Waals surface area contributed by atoms with Crippen molar-refractivity contribution in [2.45, 2.75) is 38.1 Å². The highest BCUT2D eigenvalue weighted by Gasteiger charge is 2.22. The number of hydrogen-bond donors (Lipinski definition) is 2. The summed E-state index contributed by atoms with van der Waals surface area (Å²) in [5.41, 5.74) is 0. The van der Waals surface area contributed by atoms with Gasteiger partial charge in [-0.05, 0) is 32.2 Å². The standard InChI is InChI=1S/C12H21N3O2/c16-11(15-7-3-4-8-15)9-14-12(17)10-5-1-2-6-13-10/h10,13H,1-9H2,(H,14,17)/t10-/m0/s1. The minimum atomic E-state index is -0.102. The summed E-state index contributed by atoms with van der Waals surface area (Å²) in [5, 5.41) is 5.91. The number of hydrogen-bond acceptors (Lipinski definition) is 3. The van der Waals surface area contributed by atoms with Gasteiger partial charge in [-0.3, -0.25) is 9.59 Å². The SMILES string of the molecule is O=C(NCC(=O)N1CCCC1)[C@@H]1CCCCN1. The fourth-order valence-electron chi connectivity index (χ4n) is 2.44. The lowest BCUT2D eigenvalue weighted by Gasteiger charge is -2.23. The molecule has 5 heteroatoms. The molecule has 0 aromatic rings. The molecule has 0 saturated carbocycles. The number of nitrogens with zero attached hydrogens (tertiary/aromatic N) is 1. The molecule has 1 atom stereocenters. The van der Waals surface area contributed by atoms with Crippen molar-refractivity contribution in [3.05, 3.63) is 0 Å². The Morgan fingerprint density at radius 1 is 1.18 bits per heavy atom. The van der Waals surface area contributed by atoms with Crippen LogP contribution in [0.4, 0.5) is 0 Å². The maximum Gasteiger partial charge on any atom is 0.241 e. The molecular formula is C12H21N3O2. The fraction of sp³-hybridized carbons (Fsp3) is 0.833. The average molecular weight is 239 g/mol. The van der Waals surface area contributed by atoms with Gasteiger partial charge in [-0.2, -0.15) is 0 Å². The minimum Gasteiger partial charge on any atom is -0.346 e. The smallest absolute Gasteiger partial charge is 0.241 e. The van der Waals surface area contributed by atoms with E-state index in [1.165, 1.54) is 0 Å². The number of nitrogens with one attached hydrogen (secondary N) is 2. The molecule has 2 rings (SSSR count). The second-order valence-electron chi connectivity index (χ2n) is 4.81. The zero-order valence-electron chi connectivity index (χ0n) is 10.2. The Bertz CT molecular complexity index is 281. The van der Waals surface area contributed by atoms with Crippen molar-refractivity contribution < 1.29 is 9.59 Å². The van der Waals surface area contributed by atoms with Crippen LogP contribution in [0.15, 0.2) is 0 Å². The topological polar surface area (TPSA) is 61.4 Å². The van der Waals surface area contributed by atoms with Crippen molar-refractivity contribution >= 4 is 11.8 Å². The van der Waals surface area contributed by atoms with Crippen LogP contribution in [-0.4, -0.2) is 48.9 Å². The van der Waals surface area contributed by atoms with Crippen LogP contribution in [0.1, 0.15) is 32.1 Å². The van der Waals surface area contributed by atoms with Crippen molar-refractivity contribution in [3.63, 3.8) is 0 Å². The molecule has 2 heterocycles. The third kappa shape index (κ3) is 3.43. The minimum absolute atomic E-state index is 0.0303. The van der Waals surface area contributed by atoms with Crippen molar-refractivity contribution in [3.8, 4) is 0 Å². The lowest BCUT2D eigenvalue weighted by Crippen LogP contribution is -2.49. The van der Waals surface area contributed by atoms with E-state index >= 15 is 0 Å². The van der Waals surface area contributed by atoms with Crippen LogP contribution in [0.2, 0.25) is 0 Å². The molecule has 0 aromatic carbocycles. The predicted molar refractivity (Wildman–Crippen MR) is 64.5 cm³/mol. The molecule has 2 aliphatic heterocycles. The summed E-state index contributed by atoms with van der Waals surface area (Å²) < 4.78 is 0. The van der Waals surface area contributed by atoms with Crippen molar-refractivity contribution in [2.75, 3.05) is 26.2 Å². The molecule has 0 bridgehead atoms. The Morgan fingerprint density at radius 3 is 2.59 bits per heavy atom. The van der Waals surface area contributed by atoms with Gasteiger partial charge in [0, 0.05) is 13.1 Å². The first-order chi connectivity index (χ1) is 8.27. The number of likely N-dealkylation sites (tertiary alicyclic amines) is 1. The van der Waals surface area contributed by atoms with Gasteiger partial charge in [-0.25, -0.2) is 0 Å². The third-order valence-corrected chi connectivity index (χ3v) is 3.50. The number of amides is 2. The molecule has 2 saturated heterocycles. The number of carbonyl (C=O) groups excluding carboxylic acids is 2. The van der Waals surface area contributed by atoms with Gasteiger partial charge in [-0.1, -0.05) is 6.42 Å². The molecule has 2 aliphatic rings. The Hall–Kier alpha value is -1.10. The number of piperidine rings is 1. The summed E-state index contributed by atoms with van der Waals surface area (Å²) in [5.74, 6) is 0.0175. The zero-order valence-corrected chi connectivity index (χ0v) is 10.2. The summed E-state index contributed by atoms with van der Waals surface area (Å²) in [6.45, 7) is 2.74. The van der Waals surface area contributed by atoms with Gasteiger partial charge >= 0.3 is 0 Å². The van der Waals surface area contributed by atoms with E-state index in [4.69, 9.17) is 0 Å². The maximum atomic E-state index is 11.8. The normalized spacial score (nSPS) is 24.7. The van der Waals surface area contributed by atoms with Crippen molar-refractivity contribution in [1.82, 2.24) is 15.5 Å². The van der Waals surface area contributed by atoms with E-state index in [0.717, 1.165) is 51.7 Å². The highest BCUT2D eigenvalue weighted by Crippen LogP contribution is 2.08. The van der Waals surface area contributed by atoms with Gasteiger partial charge in [0.25, 0.3) is 0 Å². The summed E-state index contributed by atoms with van der Waals surface area (Å²) >= 11 is 0. The average Bonchev–Trinajstić information content (AvgIpc) is 2.90. The quantitative estimate of drug-likeness (QED) is 0.721. The maximum absolute atomic E-state index is 11.8. The van der Waals surface area contributed by atoms with Crippen LogP contribution in [-0.2, 0) is 9.59 Å². The highest BCUT2D eigenvalue weighted by molar-refractivity contribution is 5.87. The van der Waals surface area contributed by atoms with Crippen LogP contribution in [0, 0.1) is 0 Å². The largest absolute Gasteiger partial charge is 0.346 e. The number of rotatable bonds is 3. The van der Waals surface area contributed by atoms with Crippen LogP contribution < -0.4 is 10.6 Å².